The lowest BCUT2D eigenvalue weighted by molar-refractivity contribution is -0.161. The Morgan fingerprint density at radius 2 is 2.18 bits per heavy atom. The smallest absolute Gasteiger partial charge is 0.319 e. The number of carboxylic acids is 1. The van der Waals surface area contributed by atoms with Crippen LogP contribution in [0.1, 0.15) is 32.6 Å². The van der Waals surface area contributed by atoms with Crippen molar-refractivity contribution < 1.29 is 14.7 Å². The first-order chi connectivity index (χ1) is 8.04. The molecule has 92 valence electrons. The van der Waals surface area contributed by atoms with Gasteiger partial charge in [-0.2, -0.15) is 0 Å². The Bertz CT molecular complexity index is 405. The van der Waals surface area contributed by atoms with Gasteiger partial charge in [0.15, 0.2) is 0 Å². The van der Waals surface area contributed by atoms with Crippen molar-refractivity contribution in [3.8, 4) is 0 Å². The Balaban J connectivity index is 2.02. The van der Waals surface area contributed by atoms with Crippen LogP contribution in [0.4, 0.5) is 0 Å². The van der Waals surface area contributed by atoms with E-state index in [2.05, 4.69) is 12.2 Å². The zero-order valence-corrected chi connectivity index (χ0v) is 9.90. The molecule has 2 rings (SSSR count). The third kappa shape index (κ3) is 2.12. The largest absolute Gasteiger partial charge is 0.480 e. The molecule has 2 aliphatic carbocycles. The van der Waals surface area contributed by atoms with Crippen LogP contribution in [-0.2, 0) is 9.59 Å². The summed E-state index contributed by atoms with van der Waals surface area (Å²) in [6, 6.07) is 0. The summed E-state index contributed by atoms with van der Waals surface area (Å²) in [5.41, 5.74) is -0.460. The molecule has 1 unspecified atom stereocenters. The standard InChI is InChI=1S/C13H17NO3/c1-9-3-5-10(6-4-9)14-11(15)13(12(16)17)7-2-8-13/h3,5-6,9H,2,4,7-8H2,1H3,(H,14,15)(H,16,17). The second kappa shape index (κ2) is 4.35. The molecule has 0 saturated heterocycles. The fourth-order valence-corrected chi connectivity index (χ4v) is 2.14. The predicted octanol–water partition coefficient (Wildman–Crippen LogP) is 1.84. The summed E-state index contributed by atoms with van der Waals surface area (Å²) in [6.07, 6.45) is 8.39. The van der Waals surface area contributed by atoms with Crippen molar-refractivity contribution in [3.05, 3.63) is 23.9 Å². The Morgan fingerprint density at radius 3 is 2.59 bits per heavy atom. The Morgan fingerprint density at radius 1 is 1.47 bits per heavy atom. The van der Waals surface area contributed by atoms with Gasteiger partial charge in [-0.15, -0.1) is 0 Å². The molecule has 0 radical (unpaired) electrons. The number of carboxylic acid groups (broad SMARTS) is 1. The van der Waals surface area contributed by atoms with E-state index in [-0.39, 0.29) is 5.91 Å². The van der Waals surface area contributed by atoms with Gasteiger partial charge in [-0.05, 0) is 31.3 Å². The van der Waals surface area contributed by atoms with E-state index in [1.807, 2.05) is 18.2 Å². The average Bonchev–Trinajstić information content (AvgIpc) is 2.19. The van der Waals surface area contributed by atoms with Gasteiger partial charge >= 0.3 is 5.97 Å². The Labute approximate surface area is 100 Å². The van der Waals surface area contributed by atoms with Crippen molar-refractivity contribution in [2.24, 2.45) is 11.3 Å². The lowest BCUT2D eigenvalue weighted by atomic mass is 9.68. The van der Waals surface area contributed by atoms with Crippen LogP contribution >= 0.6 is 0 Å². The van der Waals surface area contributed by atoms with Crippen molar-refractivity contribution in [2.45, 2.75) is 32.6 Å². The van der Waals surface area contributed by atoms with Crippen LogP contribution in [0.5, 0.6) is 0 Å². The summed E-state index contributed by atoms with van der Waals surface area (Å²) in [7, 11) is 0. The van der Waals surface area contributed by atoms with E-state index in [0.29, 0.717) is 18.8 Å². The van der Waals surface area contributed by atoms with Crippen molar-refractivity contribution in [2.75, 3.05) is 0 Å². The molecule has 1 fully saturated rings. The molecular formula is C13H17NO3. The average molecular weight is 235 g/mol. The molecule has 0 aromatic heterocycles. The number of hydrogen-bond acceptors (Lipinski definition) is 2. The van der Waals surface area contributed by atoms with Gasteiger partial charge in [0, 0.05) is 5.70 Å². The maximum absolute atomic E-state index is 12.0. The highest BCUT2D eigenvalue weighted by Gasteiger charge is 2.51. The van der Waals surface area contributed by atoms with Crippen molar-refractivity contribution in [1.29, 1.82) is 0 Å². The molecule has 2 aliphatic rings. The van der Waals surface area contributed by atoms with Crippen LogP contribution in [0.25, 0.3) is 0 Å². The zero-order valence-electron chi connectivity index (χ0n) is 9.90. The minimum absolute atomic E-state index is 0.373. The van der Waals surface area contributed by atoms with E-state index < -0.39 is 11.4 Å². The van der Waals surface area contributed by atoms with Crippen LogP contribution < -0.4 is 5.32 Å². The lowest BCUT2D eigenvalue weighted by Crippen LogP contribution is -2.50. The van der Waals surface area contributed by atoms with E-state index in [1.165, 1.54) is 0 Å². The molecule has 17 heavy (non-hydrogen) atoms. The first-order valence-corrected chi connectivity index (χ1v) is 5.98. The van der Waals surface area contributed by atoms with Crippen molar-refractivity contribution in [3.63, 3.8) is 0 Å². The van der Waals surface area contributed by atoms with Gasteiger partial charge in [0.1, 0.15) is 5.41 Å². The van der Waals surface area contributed by atoms with Gasteiger partial charge in [0.2, 0.25) is 5.91 Å². The molecule has 0 spiro atoms. The maximum Gasteiger partial charge on any atom is 0.319 e. The summed E-state index contributed by atoms with van der Waals surface area (Å²) in [4.78, 5) is 23.1. The topological polar surface area (TPSA) is 66.4 Å². The van der Waals surface area contributed by atoms with Crippen LogP contribution in [0.2, 0.25) is 0 Å². The molecule has 1 amide bonds. The molecule has 0 aromatic carbocycles. The summed E-state index contributed by atoms with van der Waals surface area (Å²) in [6.45, 7) is 2.09. The van der Waals surface area contributed by atoms with Gasteiger partial charge in [0.25, 0.3) is 0 Å². The molecule has 0 bridgehead atoms. The number of amides is 1. The molecular weight excluding hydrogens is 218 g/mol. The normalized spacial score (nSPS) is 25.7. The SMILES string of the molecule is CC1C=CC(NC(=O)C2(C(=O)O)CCC2)=CC1. The number of aliphatic carboxylic acids is 1. The monoisotopic (exact) mass is 235 g/mol. The molecule has 2 N–H and O–H groups in total. The molecule has 4 heteroatoms. The highest BCUT2D eigenvalue weighted by atomic mass is 16.4. The first kappa shape index (κ1) is 11.9. The predicted molar refractivity (Wildman–Crippen MR) is 63.1 cm³/mol. The second-order valence-corrected chi connectivity index (χ2v) is 4.93. The fourth-order valence-electron chi connectivity index (χ4n) is 2.14. The van der Waals surface area contributed by atoms with Gasteiger partial charge < -0.3 is 10.4 Å². The third-order valence-corrected chi connectivity index (χ3v) is 3.62. The molecule has 4 nitrogen and oxygen atoms in total. The number of carbonyl (C=O) groups excluding carboxylic acids is 1. The molecule has 0 heterocycles. The summed E-state index contributed by atoms with van der Waals surface area (Å²) in [5, 5.41) is 11.8. The van der Waals surface area contributed by atoms with Gasteiger partial charge in [-0.25, -0.2) is 0 Å². The number of carbonyl (C=O) groups is 2. The van der Waals surface area contributed by atoms with E-state index in [0.717, 1.165) is 18.5 Å². The van der Waals surface area contributed by atoms with E-state index in [1.54, 1.807) is 0 Å². The number of nitrogens with one attached hydrogen (secondary N) is 1. The first-order valence-electron chi connectivity index (χ1n) is 5.98. The maximum atomic E-state index is 12.0. The highest BCUT2D eigenvalue weighted by molar-refractivity contribution is 6.03. The van der Waals surface area contributed by atoms with Crippen LogP contribution in [-0.4, -0.2) is 17.0 Å². The number of allylic oxidation sites excluding steroid dienone is 3. The van der Waals surface area contributed by atoms with Gasteiger partial charge in [0.05, 0.1) is 0 Å². The van der Waals surface area contributed by atoms with Gasteiger partial charge in [-0.3, -0.25) is 9.59 Å². The van der Waals surface area contributed by atoms with Gasteiger partial charge in [-0.1, -0.05) is 25.5 Å². The quantitative estimate of drug-likeness (QED) is 0.733. The third-order valence-electron chi connectivity index (χ3n) is 3.62. The zero-order chi connectivity index (χ0) is 12.5. The van der Waals surface area contributed by atoms with Crippen molar-refractivity contribution in [1.82, 2.24) is 5.32 Å². The van der Waals surface area contributed by atoms with E-state index in [9.17, 15) is 9.59 Å². The number of rotatable bonds is 3. The van der Waals surface area contributed by atoms with Crippen molar-refractivity contribution >= 4 is 11.9 Å². The minimum atomic E-state index is -1.18. The van der Waals surface area contributed by atoms with E-state index in [4.69, 9.17) is 5.11 Å². The molecule has 0 aromatic rings. The minimum Gasteiger partial charge on any atom is -0.480 e. The molecule has 1 atom stereocenters. The van der Waals surface area contributed by atoms with Crippen LogP contribution in [0, 0.1) is 11.3 Å². The molecule has 1 saturated carbocycles. The van der Waals surface area contributed by atoms with Crippen LogP contribution in [0.3, 0.4) is 0 Å². The highest BCUT2D eigenvalue weighted by Crippen LogP contribution is 2.41. The lowest BCUT2D eigenvalue weighted by Gasteiger charge is -2.36. The van der Waals surface area contributed by atoms with E-state index >= 15 is 0 Å². The summed E-state index contributed by atoms with van der Waals surface area (Å²) < 4.78 is 0. The molecule has 0 aliphatic heterocycles. The Hall–Kier alpha value is -1.58. The summed E-state index contributed by atoms with van der Waals surface area (Å²) in [5.74, 6) is -0.899. The Kier molecular flexibility index (Phi) is 3.05. The summed E-state index contributed by atoms with van der Waals surface area (Å²) >= 11 is 0. The second-order valence-electron chi connectivity index (χ2n) is 4.93. The number of hydrogen-bond donors (Lipinski definition) is 2. The fraction of sp³-hybridized carbons (Fsp3) is 0.538. The van der Waals surface area contributed by atoms with Crippen LogP contribution in [0.15, 0.2) is 23.9 Å².